The van der Waals surface area contributed by atoms with Crippen LogP contribution in [0.5, 0.6) is 0 Å². The second-order valence-corrected chi connectivity index (χ2v) is 5.73. The molecule has 1 atom stereocenters. The lowest BCUT2D eigenvalue weighted by Crippen LogP contribution is -2.49. The van der Waals surface area contributed by atoms with Crippen LogP contribution in [0.25, 0.3) is 0 Å². The maximum Gasteiger partial charge on any atom is 0.331 e. The summed E-state index contributed by atoms with van der Waals surface area (Å²) in [5.41, 5.74) is 0. The van der Waals surface area contributed by atoms with E-state index in [4.69, 9.17) is 0 Å². The molecule has 0 heterocycles. The normalized spacial score (nSPS) is 13.6. The Morgan fingerprint density at radius 2 is 1.57 bits per heavy atom. The molecule has 8 heteroatoms. The third-order valence-electron chi connectivity index (χ3n) is 2.46. The zero-order valence-corrected chi connectivity index (χ0v) is 12.3. The van der Waals surface area contributed by atoms with Gasteiger partial charge in [-0.25, -0.2) is 0 Å². The van der Waals surface area contributed by atoms with Gasteiger partial charge in [-0.1, -0.05) is 31.4 Å². The molecule has 0 amide bonds. The van der Waals surface area contributed by atoms with Gasteiger partial charge >= 0.3 is 11.9 Å². The molecule has 0 saturated carbocycles. The highest BCUT2D eigenvalue weighted by Crippen LogP contribution is 2.28. The van der Waals surface area contributed by atoms with Crippen LogP contribution in [0.2, 0.25) is 0 Å². The van der Waals surface area contributed by atoms with Gasteiger partial charge in [-0.3, -0.25) is 14.1 Å². The predicted molar refractivity (Wildman–Crippen MR) is 76.0 cm³/mol. The van der Waals surface area contributed by atoms with E-state index in [1.165, 1.54) is 12.2 Å². The minimum atomic E-state index is -4.95. The first-order valence-electron chi connectivity index (χ1n) is 5.87. The van der Waals surface area contributed by atoms with Crippen molar-refractivity contribution < 1.29 is 32.0 Å². The van der Waals surface area contributed by atoms with Crippen molar-refractivity contribution in [1.82, 2.24) is 0 Å². The van der Waals surface area contributed by atoms with Crippen LogP contribution in [0.3, 0.4) is 0 Å². The Hall–Kier alpha value is -1.93. The van der Waals surface area contributed by atoms with E-state index in [2.05, 4.69) is 29.2 Å². The molecule has 0 aromatic rings. The Labute approximate surface area is 123 Å². The summed E-state index contributed by atoms with van der Waals surface area (Å²) in [5.74, 6) is -2.27. The molecule has 1 unspecified atom stereocenters. The minimum absolute atomic E-state index is 0.157. The Morgan fingerprint density at radius 3 is 2.00 bits per heavy atom. The molecule has 7 nitrogen and oxygen atoms in total. The highest BCUT2D eigenvalue weighted by molar-refractivity contribution is 7.88. The van der Waals surface area contributed by atoms with Gasteiger partial charge in [-0.2, -0.15) is 8.42 Å². The second kappa shape index (κ2) is 8.38. The van der Waals surface area contributed by atoms with Gasteiger partial charge in [0, 0.05) is 0 Å². The molecular formula is C13H18O7S. The molecule has 0 rings (SSSR count). The Balaban J connectivity index is 5.54. The standard InChI is InChI=1S/C13H18O7S/c1-4-7-13(21(16,17)18,12(15)20-9-6-3)10-11(14)19-8-5-2/h4-6H,1-3,7-10H2,(H,16,17,18). The fourth-order valence-electron chi connectivity index (χ4n) is 1.46. The van der Waals surface area contributed by atoms with Gasteiger partial charge in [0.1, 0.15) is 13.2 Å². The molecule has 0 aliphatic carbocycles. The van der Waals surface area contributed by atoms with Crippen molar-refractivity contribution in [1.29, 1.82) is 0 Å². The van der Waals surface area contributed by atoms with E-state index < -0.39 is 39.6 Å². The van der Waals surface area contributed by atoms with Gasteiger partial charge < -0.3 is 9.47 Å². The maximum absolute atomic E-state index is 12.0. The third kappa shape index (κ3) is 5.16. The molecule has 0 bridgehead atoms. The van der Waals surface area contributed by atoms with Crippen LogP contribution in [0.15, 0.2) is 38.0 Å². The monoisotopic (exact) mass is 318 g/mol. The average Bonchev–Trinajstić information content (AvgIpc) is 2.40. The van der Waals surface area contributed by atoms with Gasteiger partial charge in [0.05, 0.1) is 6.42 Å². The average molecular weight is 318 g/mol. The summed E-state index contributed by atoms with van der Waals surface area (Å²) in [5, 5.41) is 0. The molecule has 0 radical (unpaired) electrons. The van der Waals surface area contributed by atoms with Crippen LogP contribution in [-0.4, -0.2) is 42.9 Å². The third-order valence-corrected chi connectivity index (χ3v) is 3.93. The highest BCUT2D eigenvalue weighted by Gasteiger charge is 2.52. The summed E-state index contributed by atoms with van der Waals surface area (Å²) >= 11 is 0. The van der Waals surface area contributed by atoms with E-state index >= 15 is 0 Å². The first kappa shape index (κ1) is 19.1. The smallest absolute Gasteiger partial charge is 0.331 e. The fourth-order valence-corrected chi connectivity index (χ4v) is 2.36. The van der Waals surface area contributed by atoms with Crippen LogP contribution in [0, 0.1) is 0 Å². The lowest BCUT2D eigenvalue weighted by Gasteiger charge is -2.26. The lowest BCUT2D eigenvalue weighted by atomic mass is 10.0. The van der Waals surface area contributed by atoms with Crippen LogP contribution >= 0.6 is 0 Å². The van der Waals surface area contributed by atoms with Gasteiger partial charge in [-0.15, -0.1) is 6.58 Å². The predicted octanol–water partition coefficient (Wildman–Crippen LogP) is 1.04. The van der Waals surface area contributed by atoms with E-state index in [0.717, 1.165) is 6.08 Å². The minimum Gasteiger partial charge on any atom is -0.461 e. The Kier molecular flexibility index (Phi) is 7.61. The van der Waals surface area contributed by atoms with Crippen LogP contribution in [0.1, 0.15) is 12.8 Å². The molecule has 0 aliphatic heterocycles. The van der Waals surface area contributed by atoms with Crippen molar-refractivity contribution in [3.05, 3.63) is 38.0 Å². The van der Waals surface area contributed by atoms with Gasteiger partial charge in [0.25, 0.3) is 10.1 Å². The summed E-state index contributed by atoms with van der Waals surface area (Å²) < 4.78 is 39.4. The van der Waals surface area contributed by atoms with Gasteiger partial charge in [0.15, 0.2) is 0 Å². The van der Waals surface area contributed by atoms with Crippen molar-refractivity contribution >= 4 is 22.1 Å². The van der Waals surface area contributed by atoms with E-state index in [1.807, 2.05) is 0 Å². The molecule has 0 aliphatic rings. The first-order valence-corrected chi connectivity index (χ1v) is 7.31. The van der Waals surface area contributed by atoms with Crippen molar-refractivity contribution in [3.63, 3.8) is 0 Å². The topological polar surface area (TPSA) is 107 Å². The molecule has 0 saturated heterocycles. The van der Waals surface area contributed by atoms with Crippen LogP contribution < -0.4 is 0 Å². The quantitative estimate of drug-likeness (QED) is 0.364. The van der Waals surface area contributed by atoms with Gasteiger partial charge in [-0.05, 0) is 6.42 Å². The number of hydrogen-bond acceptors (Lipinski definition) is 6. The Bertz CT molecular complexity index is 521. The molecule has 0 fully saturated rings. The van der Waals surface area contributed by atoms with Gasteiger partial charge in [0.2, 0.25) is 4.75 Å². The lowest BCUT2D eigenvalue weighted by molar-refractivity contribution is -0.152. The summed E-state index contributed by atoms with van der Waals surface area (Å²) in [6, 6.07) is 0. The SMILES string of the molecule is C=CCOC(=O)CC(CC=C)(C(=O)OCC=C)S(=O)(=O)O. The maximum atomic E-state index is 12.0. The zero-order chi connectivity index (χ0) is 16.5. The molecule has 0 aromatic carbocycles. The van der Waals surface area contributed by atoms with Crippen molar-refractivity contribution in [2.75, 3.05) is 13.2 Å². The zero-order valence-electron chi connectivity index (χ0n) is 11.5. The number of rotatable bonds is 10. The number of hydrogen-bond donors (Lipinski definition) is 1. The summed E-state index contributed by atoms with van der Waals surface area (Å²) in [6.45, 7) is 9.53. The van der Waals surface area contributed by atoms with E-state index in [0.29, 0.717) is 0 Å². The molecule has 0 aromatic heterocycles. The number of carbonyl (C=O) groups excluding carboxylic acids is 2. The highest BCUT2D eigenvalue weighted by atomic mass is 32.2. The van der Waals surface area contributed by atoms with E-state index in [1.54, 1.807) is 0 Å². The summed E-state index contributed by atoms with van der Waals surface area (Å²) in [6.07, 6.45) is 2.17. The van der Waals surface area contributed by atoms with Crippen molar-refractivity contribution in [2.24, 2.45) is 0 Å². The van der Waals surface area contributed by atoms with Crippen LogP contribution in [-0.2, 0) is 29.2 Å². The molecule has 118 valence electrons. The Morgan fingerprint density at radius 1 is 1.05 bits per heavy atom. The number of carbonyl (C=O) groups is 2. The molecule has 0 spiro atoms. The van der Waals surface area contributed by atoms with E-state index in [-0.39, 0.29) is 13.2 Å². The summed E-state index contributed by atoms with van der Waals surface area (Å²) in [7, 11) is -4.95. The summed E-state index contributed by atoms with van der Waals surface area (Å²) in [4.78, 5) is 23.6. The second-order valence-electron chi connectivity index (χ2n) is 4.00. The van der Waals surface area contributed by atoms with E-state index in [9.17, 15) is 22.6 Å². The van der Waals surface area contributed by atoms with Crippen LogP contribution in [0.4, 0.5) is 0 Å². The van der Waals surface area contributed by atoms with Crippen molar-refractivity contribution in [3.8, 4) is 0 Å². The number of allylic oxidation sites excluding steroid dienone is 1. The van der Waals surface area contributed by atoms with Crippen molar-refractivity contribution in [2.45, 2.75) is 17.6 Å². The molecule has 1 N–H and O–H groups in total. The first-order chi connectivity index (χ1) is 9.75. The number of esters is 2. The largest absolute Gasteiger partial charge is 0.461 e. The molecular weight excluding hydrogens is 300 g/mol. The number of ether oxygens (including phenoxy) is 2. The fraction of sp³-hybridized carbons (Fsp3) is 0.385. The molecule has 21 heavy (non-hydrogen) atoms.